The highest BCUT2D eigenvalue weighted by atomic mass is 16.4. The third-order valence-corrected chi connectivity index (χ3v) is 2.76. The topological polar surface area (TPSA) is 51.0 Å². The average molecular weight is 259 g/mol. The summed E-state index contributed by atoms with van der Waals surface area (Å²) in [5.41, 5.74) is 2.30. The molecule has 102 valence electrons. The van der Waals surface area contributed by atoms with Crippen LogP contribution >= 0.6 is 0 Å². The molecule has 0 spiro atoms. The highest BCUT2D eigenvalue weighted by Gasteiger charge is 2.11. The molecule has 4 heteroatoms. The van der Waals surface area contributed by atoms with E-state index in [9.17, 15) is 0 Å². The Hall–Kier alpha value is -1.68. The minimum atomic E-state index is 0.111. The molecule has 0 saturated heterocycles. The fourth-order valence-corrected chi connectivity index (χ4v) is 1.71. The van der Waals surface area contributed by atoms with Crippen molar-refractivity contribution in [2.75, 3.05) is 6.54 Å². The van der Waals surface area contributed by atoms with Crippen molar-refractivity contribution in [1.82, 2.24) is 15.5 Å². The smallest absolute Gasteiger partial charge is 0.247 e. The van der Waals surface area contributed by atoms with Gasteiger partial charge in [-0.05, 0) is 39.8 Å². The number of benzene rings is 1. The van der Waals surface area contributed by atoms with E-state index in [1.165, 1.54) is 5.56 Å². The first-order valence-corrected chi connectivity index (χ1v) is 6.58. The van der Waals surface area contributed by atoms with Gasteiger partial charge < -0.3 is 9.73 Å². The van der Waals surface area contributed by atoms with Crippen molar-refractivity contribution in [1.29, 1.82) is 0 Å². The third-order valence-electron chi connectivity index (χ3n) is 2.76. The Kier molecular flexibility index (Phi) is 4.00. The van der Waals surface area contributed by atoms with E-state index in [1.54, 1.807) is 0 Å². The van der Waals surface area contributed by atoms with Gasteiger partial charge in [0.1, 0.15) is 0 Å². The highest BCUT2D eigenvalue weighted by Crippen LogP contribution is 2.18. The van der Waals surface area contributed by atoms with Crippen LogP contribution in [-0.2, 0) is 6.42 Å². The summed E-state index contributed by atoms with van der Waals surface area (Å²) in [5, 5.41) is 11.6. The zero-order valence-corrected chi connectivity index (χ0v) is 12.0. The maximum Gasteiger partial charge on any atom is 0.247 e. The molecular weight excluding hydrogens is 238 g/mol. The molecule has 1 aromatic carbocycles. The van der Waals surface area contributed by atoms with Crippen molar-refractivity contribution in [3.05, 3.63) is 35.7 Å². The van der Waals surface area contributed by atoms with Crippen LogP contribution in [-0.4, -0.2) is 22.3 Å². The average Bonchev–Trinajstić information content (AvgIpc) is 2.77. The van der Waals surface area contributed by atoms with Gasteiger partial charge in [0.15, 0.2) is 0 Å². The Labute approximate surface area is 114 Å². The Morgan fingerprint density at radius 1 is 1.11 bits per heavy atom. The molecule has 1 N–H and O–H groups in total. The SMILES string of the molecule is Cc1ccc(-c2nnc(CCNC(C)(C)C)o2)cc1. The zero-order valence-electron chi connectivity index (χ0n) is 12.0. The molecule has 0 fully saturated rings. The predicted molar refractivity (Wildman–Crippen MR) is 75.9 cm³/mol. The Morgan fingerprint density at radius 2 is 1.79 bits per heavy atom. The molecule has 1 heterocycles. The highest BCUT2D eigenvalue weighted by molar-refractivity contribution is 5.52. The number of aromatic nitrogens is 2. The lowest BCUT2D eigenvalue weighted by Crippen LogP contribution is -2.37. The van der Waals surface area contributed by atoms with Gasteiger partial charge in [-0.15, -0.1) is 10.2 Å². The van der Waals surface area contributed by atoms with Crippen LogP contribution in [0, 0.1) is 6.92 Å². The van der Waals surface area contributed by atoms with Crippen molar-refractivity contribution < 1.29 is 4.42 Å². The third kappa shape index (κ3) is 4.17. The summed E-state index contributed by atoms with van der Waals surface area (Å²) in [4.78, 5) is 0. The van der Waals surface area contributed by atoms with Crippen LogP contribution in [0.25, 0.3) is 11.5 Å². The van der Waals surface area contributed by atoms with Crippen LogP contribution in [0.1, 0.15) is 32.2 Å². The molecule has 0 aliphatic rings. The van der Waals surface area contributed by atoms with E-state index < -0.39 is 0 Å². The lowest BCUT2D eigenvalue weighted by molar-refractivity contribution is 0.412. The second-order valence-electron chi connectivity index (χ2n) is 5.79. The summed E-state index contributed by atoms with van der Waals surface area (Å²) in [6, 6.07) is 8.08. The first-order valence-electron chi connectivity index (χ1n) is 6.58. The van der Waals surface area contributed by atoms with Crippen LogP contribution in [0.15, 0.2) is 28.7 Å². The van der Waals surface area contributed by atoms with Gasteiger partial charge in [-0.2, -0.15) is 0 Å². The van der Waals surface area contributed by atoms with E-state index in [0.717, 1.165) is 18.5 Å². The van der Waals surface area contributed by atoms with Crippen LogP contribution in [0.3, 0.4) is 0 Å². The number of rotatable bonds is 4. The molecule has 0 unspecified atom stereocenters. The largest absolute Gasteiger partial charge is 0.421 e. The molecular formula is C15H21N3O. The molecule has 0 radical (unpaired) electrons. The zero-order chi connectivity index (χ0) is 13.9. The van der Waals surface area contributed by atoms with Gasteiger partial charge in [0.05, 0.1) is 0 Å². The minimum Gasteiger partial charge on any atom is -0.421 e. The monoisotopic (exact) mass is 259 g/mol. The van der Waals surface area contributed by atoms with Crippen molar-refractivity contribution in [2.24, 2.45) is 0 Å². The normalized spacial score (nSPS) is 11.8. The molecule has 2 aromatic rings. The molecule has 0 aliphatic heterocycles. The minimum absolute atomic E-state index is 0.111. The summed E-state index contributed by atoms with van der Waals surface area (Å²) in [6.07, 6.45) is 0.746. The van der Waals surface area contributed by atoms with Crippen LogP contribution in [0.2, 0.25) is 0 Å². The molecule has 0 amide bonds. The molecule has 2 rings (SSSR count). The summed E-state index contributed by atoms with van der Waals surface area (Å²) in [5.74, 6) is 1.26. The van der Waals surface area contributed by atoms with E-state index in [0.29, 0.717) is 11.8 Å². The summed E-state index contributed by atoms with van der Waals surface area (Å²) < 4.78 is 5.66. The predicted octanol–water partition coefficient (Wildman–Crippen LogP) is 2.98. The quantitative estimate of drug-likeness (QED) is 0.917. The van der Waals surface area contributed by atoms with E-state index in [-0.39, 0.29) is 5.54 Å². The van der Waals surface area contributed by atoms with Crippen LogP contribution < -0.4 is 5.32 Å². The Bertz CT molecular complexity index is 523. The van der Waals surface area contributed by atoms with Gasteiger partial charge in [0.2, 0.25) is 11.8 Å². The fraction of sp³-hybridized carbons (Fsp3) is 0.467. The van der Waals surface area contributed by atoms with Gasteiger partial charge in [-0.1, -0.05) is 17.7 Å². The summed E-state index contributed by atoms with van der Waals surface area (Å²) >= 11 is 0. The molecule has 0 saturated carbocycles. The van der Waals surface area contributed by atoms with Crippen LogP contribution in [0.4, 0.5) is 0 Å². The van der Waals surface area contributed by atoms with Gasteiger partial charge in [-0.3, -0.25) is 0 Å². The molecule has 4 nitrogen and oxygen atoms in total. The lowest BCUT2D eigenvalue weighted by Gasteiger charge is -2.19. The van der Waals surface area contributed by atoms with Gasteiger partial charge >= 0.3 is 0 Å². The summed E-state index contributed by atoms with van der Waals surface area (Å²) in [7, 11) is 0. The van der Waals surface area contributed by atoms with Crippen molar-refractivity contribution >= 4 is 0 Å². The first-order chi connectivity index (χ1) is 8.94. The second kappa shape index (κ2) is 5.53. The van der Waals surface area contributed by atoms with Gasteiger partial charge in [-0.25, -0.2) is 0 Å². The lowest BCUT2D eigenvalue weighted by atomic mass is 10.1. The van der Waals surface area contributed by atoms with Crippen LogP contribution in [0.5, 0.6) is 0 Å². The maximum absolute atomic E-state index is 5.66. The molecule has 0 aliphatic carbocycles. The van der Waals surface area contributed by atoms with Crippen molar-refractivity contribution in [3.8, 4) is 11.5 Å². The standard InChI is InChI=1S/C15H21N3O/c1-11-5-7-12(8-6-11)14-18-17-13(19-14)9-10-16-15(2,3)4/h5-8,16H,9-10H2,1-4H3. The number of aryl methyl sites for hydroxylation is 1. The van der Waals surface area contributed by atoms with Gasteiger partial charge in [0, 0.05) is 24.1 Å². The van der Waals surface area contributed by atoms with E-state index in [1.807, 2.05) is 24.3 Å². The van der Waals surface area contributed by atoms with Crippen molar-refractivity contribution in [3.63, 3.8) is 0 Å². The number of hydrogen-bond donors (Lipinski definition) is 1. The second-order valence-corrected chi connectivity index (χ2v) is 5.79. The summed E-state index contributed by atoms with van der Waals surface area (Å²) in [6.45, 7) is 9.30. The Morgan fingerprint density at radius 3 is 2.42 bits per heavy atom. The first kappa shape index (κ1) is 13.7. The number of nitrogens with one attached hydrogen (secondary N) is 1. The maximum atomic E-state index is 5.66. The number of hydrogen-bond acceptors (Lipinski definition) is 4. The van der Waals surface area contributed by atoms with Crippen molar-refractivity contribution in [2.45, 2.75) is 39.7 Å². The molecule has 0 bridgehead atoms. The Balaban J connectivity index is 1.97. The molecule has 19 heavy (non-hydrogen) atoms. The molecule has 1 aromatic heterocycles. The molecule has 0 atom stereocenters. The fourth-order valence-electron chi connectivity index (χ4n) is 1.71. The number of nitrogens with zero attached hydrogens (tertiary/aromatic N) is 2. The van der Waals surface area contributed by atoms with E-state index in [2.05, 4.69) is 43.2 Å². The van der Waals surface area contributed by atoms with E-state index >= 15 is 0 Å². The van der Waals surface area contributed by atoms with Gasteiger partial charge in [0.25, 0.3) is 0 Å². The van der Waals surface area contributed by atoms with E-state index in [4.69, 9.17) is 4.42 Å².